The zero-order chi connectivity index (χ0) is 11.3. The summed E-state index contributed by atoms with van der Waals surface area (Å²) >= 11 is 6.40. The highest BCUT2D eigenvalue weighted by atomic mass is 35.5. The van der Waals surface area contributed by atoms with Gasteiger partial charge in [0, 0.05) is 16.0 Å². The number of hydrogen-bond acceptors (Lipinski definition) is 1. The normalized spacial score (nSPS) is 21.7. The lowest BCUT2D eigenvalue weighted by molar-refractivity contribution is 0.277. The molecule has 0 amide bonds. The van der Waals surface area contributed by atoms with Crippen LogP contribution in [0.15, 0.2) is 10.6 Å². The van der Waals surface area contributed by atoms with Gasteiger partial charge in [-0.1, -0.05) is 51.1 Å². The molecule has 0 aliphatic heterocycles. The Hall–Kier alpha value is -0.480. The minimum atomic E-state index is 0.0834. The molecule has 1 aliphatic rings. The molecular formula is C13H20ClN. The molecule has 1 aliphatic carbocycles. The quantitative estimate of drug-likeness (QED) is 0.635. The molecule has 0 heterocycles. The maximum absolute atomic E-state index is 9.08. The maximum Gasteiger partial charge on any atom is 0.0959 e. The second-order valence-corrected chi connectivity index (χ2v) is 5.15. The Morgan fingerprint density at radius 1 is 1.33 bits per heavy atom. The molecule has 0 spiro atoms. The van der Waals surface area contributed by atoms with Crippen LogP contribution in [0, 0.1) is 16.7 Å². The summed E-state index contributed by atoms with van der Waals surface area (Å²) < 4.78 is 0. The first-order valence-corrected chi connectivity index (χ1v) is 6.31. The predicted octanol–water partition coefficient (Wildman–Crippen LogP) is 4.77. The van der Waals surface area contributed by atoms with Crippen LogP contribution in [0.3, 0.4) is 0 Å². The number of hydrogen-bond donors (Lipinski definition) is 0. The van der Waals surface area contributed by atoms with E-state index >= 15 is 0 Å². The largest absolute Gasteiger partial charge is 0.193 e. The summed E-state index contributed by atoms with van der Waals surface area (Å²) in [5, 5.41) is 9.92. The van der Waals surface area contributed by atoms with Gasteiger partial charge >= 0.3 is 0 Å². The van der Waals surface area contributed by atoms with E-state index in [2.05, 4.69) is 19.9 Å². The van der Waals surface area contributed by atoms with E-state index in [1.165, 1.54) is 19.3 Å². The Morgan fingerprint density at radius 2 is 1.93 bits per heavy atom. The fourth-order valence-electron chi connectivity index (χ4n) is 2.38. The minimum Gasteiger partial charge on any atom is -0.193 e. The molecule has 0 bridgehead atoms. The van der Waals surface area contributed by atoms with Crippen molar-refractivity contribution in [2.45, 2.75) is 58.8 Å². The molecule has 1 nitrogen and oxygen atoms in total. The average molecular weight is 226 g/mol. The fourth-order valence-corrected chi connectivity index (χ4v) is 2.71. The standard InChI is InChI=1S/C13H20ClN/c1-3-7-11(10-15)12(14)13(2)8-5-4-6-9-13/h3-9H2,1-2H3. The monoisotopic (exact) mass is 225 g/mol. The Kier molecular flexibility index (Phi) is 4.67. The van der Waals surface area contributed by atoms with Gasteiger partial charge in [0.2, 0.25) is 0 Å². The number of nitriles is 1. The first-order valence-electron chi connectivity index (χ1n) is 5.93. The van der Waals surface area contributed by atoms with Crippen LogP contribution in [0.4, 0.5) is 0 Å². The summed E-state index contributed by atoms with van der Waals surface area (Å²) in [6, 6.07) is 2.27. The lowest BCUT2D eigenvalue weighted by Crippen LogP contribution is -2.21. The molecule has 2 heteroatoms. The third-order valence-corrected chi connectivity index (χ3v) is 4.07. The van der Waals surface area contributed by atoms with Gasteiger partial charge in [-0.2, -0.15) is 5.26 Å². The van der Waals surface area contributed by atoms with Crippen molar-refractivity contribution in [3.05, 3.63) is 10.6 Å². The lowest BCUT2D eigenvalue weighted by atomic mass is 9.74. The van der Waals surface area contributed by atoms with Gasteiger partial charge in [0.15, 0.2) is 0 Å². The van der Waals surface area contributed by atoms with E-state index in [9.17, 15) is 0 Å². The zero-order valence-corrected chi connectivity index (χ0v) is 10.5. The highest BCUT2D eigenvalue weighted by molar-refractivity contribution is 6.30. The van der Waals surface area contributed by atoms with Crippen molar-refractivity contribution >= 4 is 11.6 Å². The molecule has 1 rings (SSSR count). The number of nitrogens with zero attached hydrogens (tertiary/aromatic N) is 1. The van der Waals surface area contributed by atoms with E-state index in [0.29, 0.717) is 0 Å². The molecule has 0 N–H and O–H groups in total. The molecule has 0 unspecified atom stereocenters. The summed E-state index contributed by atoms with van der Waals surface area (Å²) in [5.74, 6) is 0. The van der Waals surface area contributed by atoms with Gasteiger partial charge in [-0.05, 0) is 19.3 Å². The van der Waals surface area contributed by atoms with Crippen LogP contribution in [0.2, 0.25) is 0 Å². The van der Waals surface area contributed by atoms with Gasteiger partial charge in [-0.15, -0.1) is 0 Å². The van der Waals surface area contributed by atoms with E-state index in [1.807, 2.05) is 0 Å². The van der Waals surface area contributed by atoms with E-state index in [0.717, 1.165) is 36.3 Å². The molecule has 0 radical (unpaired) electrons. The van der Waals surface area contributed by atoms with Crippen LogP contribution in [-0.4, -0.2) is 0 Å². The Labute approximate surface area is 98.1 Å². The van der Waals surface area contributed by atoms with Gasteiger partial charge in [0.05, 0.1) is 6.07 Å². The second-order valence-electron chi connectivity index (χ2n) is 4.78. The highest BCUT2D eigenvalue weighted by Gasteiger charge is 2.31. The average Bonchev–Trinajstić information content (AvgIpc) is 2.26. The summed E-state index contributed by atoms with van der Waals surface area (Å²) in [7, 11) is 0. The summed E-state index contributed by atoms with van der Waals surface area (Å²) in [6.07, 6.45) is 7.91. The van der Waals surface area contributed by atoms with E-state index in [1.54, 1.807) is 0 Å². The van der Waals surface area contributed by atoms with Crippen molar-refractivity contribution in [3.8, 4) is 6.07 Å². The Balaban J connectivity index is 2.88. The molecule has 0 saturated heterocycles. The van der Waals surface area contributed by atoms with Gasteiger partial charge in [0.1, 0.15) is 0 Å². The SMILES string of the molecule is CCCC(C#N)=C(Cl)C1(C)CCCCC1. The molecule has 1 saturated carbocycles. The van der Waals surface area contributed by atoms with Crippen LogP contribution in [0.25, 0.3) is 0 Å². The fraction of sp³-hybridized carbons (Fsp3) is 0.769. The molecule has 0 aromatic carbocycles. The van der Waals surface area contributed by atoms with Gasteiger partial charge < -0.3 is 0 Å². The van der Waals surface area contributed by atoms with Crippen molar-refractivity contribution in [3.63, 3.8) is 0 Å². The molecule has 84 valence electrons. The van der Waals surface area contributed by atoms with Crippen molar-refractivity contribution in [2.24, 2.45) is 5.41 Å². The third-order valence-electron chi connectivity index (χ3n) is 3.39. The Morgan fingerprint density at radius 3 is 2.40 bits per heavy atom. The lowest BCUT2D eigenvalue weighted by Gasteiger charge is -2.33. The zero-order valence-electron chi connectivity index (χ0n) is 9.77. The molecule has 0 aromatic heterocycles. The first kappa shape index (κ1) is 12.6. The number of rotatable bonds is 3. The topological polar surface area (TPSA) is 23.8 Å². The van der Waals surface area contributed by atoms with Gasteiger partial charge in [-0.3, -0.25) is 0 Å². The van der Waals surface area contributed by atoms with E-state index < -0.39 is 0 Å². The predicted molar refractivity (Wildman–Crippen MR) is 64.6 cm³/mol. The van der Waals surface area contributed by atoms with Crippen LogP contribution in [-0.2, 0) is 0 Å². The van der Waals surface area contributed by atoms with Crippen molar-refractivity contribution in [1.82, 2.24) is 0 Å². The number of halogens is 1. The first-order chi connectivity index (χ1) is 7.14. The molecule has 0 atom stereocenters. The smallest absolute Gasteiger partial charge is 0.0959 e. The highest BCUT2D eigenvalue weighted by Crippen LogP contribution is 2.45. The van der Waals surface area contributed by atoms with Gasteiger partial charge in [-0.25, -0.2) is 0 Å². The summed E-state index contributed by atoms with van der Waals surface area (Å²) in [5.41, 5.74) is 0.892. The molecular weight excluding hydrogens is 206 g/mol. The third kappa shape index (κ3) is 2.98. The van der Waals surface area contributed by atoms with Crippen LogP contribution >= 0.6 is 11.6 Å². The molecule has 0 aromatic rings. The maximum atomic E-state index is 9.08. The van der Waals surface area contributed by atoms with Crippen molar-refractivity contribution < 1.29 is 0 Å². The second kappa shape index (κ2) is 5.56. The summed E-state index contributed by atoms with van der Waals surface area (Å²) in [6.45, 7) is 4.30. The molecule has 15 heavy (non-hydrogen) atoms. The van der Waals surface area contributed by atoms with E-state index in [4.69, 9.17) is 16.9 Å². The number of allylic oxidation sites excluding steroid dienone is 2. The summed E-state index contributed by atoms with van der Waals surface area (Å²) in [4.78, 5) is 0. The Bertz CT molecular complexity index is 279. The van der Waals surface area contributed by atoms with Crippen LogP contribution in [0.5, 0.6) is 0 Å². The van der Waals surface area contributed by atoms with Crippen LogP contribution in [0.1, 0.15) is 58.8 Å². The minimum absolute atomic E-state index is 0.0834. The van der Waals surface area contributed by atoms with Gasteiger partial charge in [0.25, 0.3) is 0 Å². The van der Waals surface area contributed by atoms with E-state index in [-0.39, 0.29) is 5.41 Å². The molecule has 1 fully saturated rings. The van der Waals surface area contributed by atoms with Crippen molar-refractivity contribution in [1.29, 1.82) is 5.26 Å². The van der Waals surface area contributed by atoms with Crippen molar-refractivity contribution in [2.75, 3.05) is 0 Å². The van der Waals surface area contributed by atoms with Crippen LogP contribution < -0.4 is 0 Å².